The third-order valence-electron chi connectivity index (χ3n) is 4.97. The monoisotopic (exact) mass is 516 g/mol. The van der Waals surface area contributed by atoms with Gasteiger partial charge in [0, 0.05) is 51.6 Å². The molecule has 13 heteroatoms. The van der Waals surface area contributed by atoms with Crippen molar-refractivity contribution in [3.63, 3.8) is 0 Å². The Kier molecular flexibility index (Phi) is 9.10. The topological polar surface area (TPSA) is 119 Å². The van der Waals surface area contributed by atoms with Gasteiger partial charge < -0.3 is 20.2 Å². The molecule has 0 unspecified atom stereocenters. The molecule has 2 aromatic carbocycles. The number of benzene rings is 2. The van der Waals surface area contributed by atoms with Gasteiger partial charge in [-0.1, -0.05) is 18.2 Å². The lowest BCUT2D eigenvalue weighted by molar-refractivity contribution is -0.192. The fourth-order valence-corrected chi connectivity index (χ4v) is 4.56. The van der Waals surface area contributed by atoms with Crippen molar-refractivity contribution in [3.8, 4) is 0 Å². The fraction of sp³-hybridized carbons (Fsp3) is 0.364. The SMILES string of the molecule is Cc1ccccc1S(=O)(=O)Nc1ccc(N2CCNCC2)c(C(=O)N(C)C)c1.O=C(O)C(F)(F)F. The third-order valence-corrected chi connectivity index (χ3v) is 6.51. The lowest BCUT2D eigenvalue weighted by Crippen LogP contribution is -2.44. The number of hydrogen-bond acceptors (Lipinski definition) is 6. The van der Waals surface area contributed by atoms with E-state index in [1.165, 1.54) is 4.90 Å². The van der Waals surface area contributed by atoms with Crippen LogP contribution in [-0.4, -0.2) is 76.8 Å². The van der Waals surface area contributed by atoms with Crippen LogP contribution in [0.3, 0.4) is 0 Å². The van der Waals surface area contributed by atoms with Crippen molar-refractivity contribution in [1.82, 2.24) is 10.2 Å². The van der Waals surface area contributed by atoms with E-state index in [1.54, 1.807) is 57.4 Å². The number of alkyl halides is 3. The fourth-order valence-electron chi connectivity index (χ4n) is 3.26. The summed E-state index contributed by atoms with van der Waals surface area (Å²) in [6, 6.07) is 12.0. The van der Waals surface area contributed by atoms with E-state index >= 15 is 0 Å². The molecule has 0 atom stereocenters. The first kappa shape index (κ1) is 27.9. The number of hydrogen-bond donors (Lipinski definition) is 3. The number of aliphatic carboxylic acids is 1. The standard InChI is InChI=1S/C20H26N4O3S.C2HF3O2/c1-15-6-4-5-7-19(15)28(26,27)22-16-8-9-18(24-12-10-21-11-13-24)17(14-16)20(25)23(2)3;3-2(4,5)1(6)7/h4-9,14,21-22H,10-13H2,1-3H3;(H,6,7). The van der Waals surface area contributed by atoms with Crippen LogP contribution in [-0.2, 0) is 14.8 Å². The number of nitrogens with zero attached hydrogens (tertiary/aromatic N) is 2. The van der Waals surface area contributed by atoms with Gasteiger partial charge in [0.25, 0.3) is 15.9 Å². The maximum atomic E-state index is 12.8. The molecule has 1 fully saturated rings. The number of carboxylic acid groups (broad SMARTS) is 1. The van der Waals surface area contributed by atoms with Crippen molar-refractivity contribution >= 4 is 33.3 Å². The summed E-state index contributed by atoms with van der Waals surface area (Å²) in [4.78, 5) is 25.5. The molecule has 1 aliphatic rings. The molecule has 1 amide bonds. The molecule has 35 heavy (non-hydrogen) atoms. The molecular formula is C22H27F3N4O5S. The predicted molar refractivity (Wildman–Crippen MR) is 125 cm³/mol. The number of anilines is 2. The summed E-state index contributed by atoms with van der Waals surface area (Å²) < 4.78 is 59.9. The normalized spacial score (nSPS) is 13.9. The van der Waals surface area contributed by atoms with Crippen LogP contribution in [0.25, 0.3) is 0 Å². The van der Waals surface area contributed by atoms with Crippen LogP contribution in [0.15, 0.2) is 47.4 Å². The number of sulfonamides is 1. The highest BCUT2D eigenvalue weighted by Crippen LogP contribution is 2.28. The molecule has 0 spiro atoms. The van der Waals surface area contributed by atoms with E-state index in [1.807, 2.05) is 6.07 Å². The molecule has 3 N–H and O–H groups in total. The molecule has 1 heterocycles. The number of aryl methyl sites for hydroxylation is 1. The molecule has 3 rings (SSSR count). The van der Waals surface area contributed by atoms with Crippen molar-refractivity contribution in [3.05, 3.63) is 53.6 Å². The smallest absolute Gasteiger partial charge is 0.475 e. The number of nitrogens with one attached hydrogen (secondary N) is 2. The van der Waals surface area contributed by atoms with Gasteiger partial charge in [-0.15, -0.1) is 0 Å². The Morgan fingerprint density at radius 1 is 1.09 bits per heavy atom. The van der Waals surface area contributed by atoms with Crippen LogP contribution in [0.2, 0.25) is 0 Å². The quantitative estimate of drug-likeness (QED) is 0.559. The van der Waals surface area contributed by atoms with E-state index in [9.17, 15) is 26.4 Å². The maximum Gasteiger partial charge on any atom is 0.490 e. The van der Waals surface area contributed by atoms with Crippen LogP contribution < -0.4 is 14.9 Å². The largest absolute Gasteiger partial charge is 0.490 e. The molecule has 0 saturated carbocycles. The number of piperazine rings is 1. The Bertz CT molecular complexity index is 1160. The van der Waals surface area contributed by atoms with E-state index in [0.29, 0.717) is 16.8 Å². The highest BCUT2D eigenvalue weighted by atomic mass is 32.2. The number of halogens is 3. The van der Waals surface area contributed by atoms with Crippen molar-refractivity contribution in [2.24, 2.45) is 0 Å². The molecule has 0 bridgehead atoms. The summed E-state index contributed by atoms with van der Waals surface area (Å²) in [5.74, 6) is -2.92. The Labute approximate surface area is 201 Å². The second-order valence-electron chi connectivity index (χ2n) is 7.84. The zero-order chi connectivity index (χ0) is 26.4. The third kappa shape index (κ3) is 7.59. The van der Waals surface area contributed by atoms with Gasteiger partial charge in [-0.25, -0.2) is 13.2 Å². The van der Waals surface area contributed by atoms with Gasteiger partial charge in [0.15, 0.2) is 0 Å². The summed E-state index contributed by atoms with van der Waals surface area (Å²) in [7, 11) is -0.366. The van der Waals surface area contributed by atoms with Crippen molar-refractivity contribution < 1.29 is 36.3 Å². The first-order chi connectivity index (χ1) is 16.2. The van der Waals surface area contributed by atoms with Crippen LogP contribution in [0.1, 0.15) is 15.9 Å². The zero-order valence-corrected chi connectivity index (χ0v) is 20.2. The van der Waals surface area contributed by atoms with Gasteiger partial charge in [0.1, 0.15) is 0 Å². The minimum atomic E-state index is -5.08. The molecule has 2 aromatic rings. The second kappa shape index (κ2) is 11.4. The van der Waals surface area contributed by atoms with E-state index in [4.69, 9.17) is 9.90 Å². The van der Waals surface area contributed by atoms with Crippen molar-refractivity contribution in [1.29, 1.82) is 0 Å². The highest BCUT2D eigenvalue weighted by molar-refractivity contribution is 7.92. The molecule has 192 valence electrons. The Hall–Kier alpha value is -3.32. The van der Waals surface area contributed by atoms with Crippen LogP contribution in [0, 0.1) is 6.92 Å². The number of amides is 1. The lowest BCUT2D eigenvalue weighted by atomic mass is 10.1. The second-order valence-corrected chi connectivity index (χ2v) is 9.49. The van der Waals surface area contributed by atoms with Gasteiger partial charge in [-0.2, -0.15) is 13.2 Å². The maximum absolute atomic E-state index is 12.8. The minimum absolute atomic E-state index is 0.162. The van der Waals surface area contributed by atoms with Gasteiger partial charge in [-0.05, 0) is 36.8 Å². The summed E-state index contributed by atoms with van der Waals surface area (Å²) in [5, 5.41) is 10.4. The molecular weight excluding hydrogens is 489 g/mol. The number of rotatable bonds is 5. The Morgan fingerprint density at radius 3 is 2.17 bits per heavy atom. The minimum Gasteiger partial charge on any atom is -0.475 e. The van der Waals surface area contributed by atoms with Gasteiger partial charge in [0.05, 0.1) is 10.5 Å². The molecule has 0 radical (unpaired) electrons. The first-order valence-corrected chi connectivity index (χ1v) is 11.9. The Morgan fingerprint density at radius 2 is 1.66 bits per heavy atom. The molecule has 1 saturated heterocycles. The summed E-state index contributed by atoms with van der Waals surface area (Å²) in [5.41, 5.74) is 2.33. The molecule has 0 aromatic heterocycles. The van der Waals surface area contributed by atoms with Crippen LogP contribution in [0.4, 0.5) is 24.5 Å². The van der Waals surface area contributed by atoms with Crippen molar-refractivity contribution in [2.75, 3.05) is 49.9 Å². The number of carboxylic acids is 1. The van der Waals surface area contributed by atoms with E-state index in [2.05, 4.69) is 14.9 Å². The first-order valence-electron chi connectivity index (χ1n) is 10.4. The summed E-state index contributed by atoms with van der Waals surface area (Å²) >= 11 is 0. The van der Waals surface area contributed by atoms with E-state index in [0.717, 1.165) is 31.9 Å². The molecule has 0 aliphatic carbocycles. The van der Waals surface area contributed by atoms with Crippen LogP contribution in [0.5, 0.6) is 0 Å². The summed E-state index contributed by atoms with van der Waals surface area (Å²) in [6.07, 6.45) is -5.08. The predicted octanol–water partition coefficient (Wildman–Crippen LogP) is 2.54. The average molecular weight is 517 g/mol. The molecule has 9 nitrogen and oxygen atoms in total. The van der Waals surface area contributed by atoms with Crippen molar-refractivity contribution in [2.45, 2.75) is 18.0 Å². The highest BCUT2D eigenvalue weighted by Gasteiger charge is 2.38. The van der Waals surface area contributed by atoms with Gasteiger partial charge >= 0.3 is 12.1 Å². The number of carbonyl (C=O) groups is 2. The number of carbonyl (C=O) groups excluding carboxylic acids is 1. The lowest BCUT2D eigenvalue weighted by Gasteiger charge is -2.31. The Balaban J connectivity index is 0.000000540. The van der Waals surface area contributed by atoms with E-state index < -0.39 is 22.2 Å². The average Bonchev–Trinajstić information content (AvgIpc) is 2.78. The summed E-state index contributed by atoms with van der Waals surface area (Å²) in [6.45, 7) is 5.03. The van der Waals surface area contributed by atoms with E-state index in [-0.39, 0.29) is 10.8 Å². The van der Waals surface area contributed by atoms with Crippen LogP contribution >= 0.6 is 0 Å². The van der Waals surface area contributed by atoms with Gasteiger partial charge in [0.2, 0.25) is 0 Å². The van der Waals surface area contributed by atoms with Gasteiger partial charge in [-0.3, -0.25) is 9.52 Å². The zero-order valence-electron chi connectivity index (χ0n) is 19.4. The molecule has 1 aliphatic heterocycles.